The van der Waals surface area contributed by atoms with Crippen molar-refractivity contribution in [3.63, 3.8) is 0 Å². The molecular formula is C13H26N2O. The summed E-state index contributed by atoms with van der Waals surface area (Å²) in [4.78, 5) is 13.7. The average Bonchev–Trinajstić information content (AvgIpc) is 2.43. The fraction of sp³-hybridized carbons (Fsp3) is 0.923. The minimum Gasteiger partial charge on any atom is -0.343 e. The molecule has 0 radical (unpaired) electrons. The summed E-state index contributed by atoms with van der Waals surface area (Å²) in [5, 5.41) is 3.42. The van der Waals surface area contributed by atoms with E-state index in [1.807, 2.05) is 4.90 Å². The van der Waals surface area contributed by atoms with Gasteiger partial charge >= 0.3 is 0 Å². The van der Waals surface area contributed by atoms with Crippen LogP contribution in [0.3, 0.4) is 0 Å². The predicted molar refractivity (Wildman–Crippen MR) is 67.4 cm³/mol. The van der Waals surface area contributed by atoms with Crippen molar-refractivity contribution in [3.05, 3.63) is 0 Å². The molecule has 1 amide bonds. The van der Waals surface area contributed by atoms with Crippen LogP contribution >= 0.6 is 0 Å². The van der Waals surface area contributed by atoms with E-state index in [0.717, 1.165) is 45.4 Å². The molecule has 1 N–H and O–H groups in total. The van der Waals surface area contributed by atoms with E-state index >= 15 is 0 Å². The van der Waals surface area contributed by atoms with Crippen molar-refractivity contribution in [1.29, 1.82) is 0 Å². The number of likely N-dealkylation sites (tertiary alicyclic amines) is 1. The van der Waals surface area contributed by atoms with Gasteiger partial charge in [0.05, 0.1) is 0 Å². The quantitative estimate of drug-likeness (QED) is 0.703. The second kappa shape index (κ2) is 7.66. The van der Waals surface area contributed by atoms with Gasteiger partial charge in [-0.2, -0.15) is 0 Å². The first-order valence-electron chi connectivity index (χ1n) is 6.68. The van der Waals surface area contributed by atoms with Crippen LogP contribution in [-0.4, -0.2) is 37.0 Å². The minimum absolute atomic E-state index is 0.362. The largest absolute Gasteiger partial charge is 0.343 e. The van der Waals surface area contributed by atoms with E-state index in [0.29, 0.717) is 11.8 Å². The number of nitrogens with zero attached hydrogens (tertiary/aromatic N) is 1. The number of carbonyl (C=O) groups is 1. The lowest BCUT2D eigenvalue weighted by atomic mass is 10.2. The van der Waals surface area contributed by atoms with E-state index in [4.69, 9.17) is 0 Å². The van der Waals surface area contributed by atoms with Crippen molar-refractivity contribution in [2.75, 3.05) is 26.2 Å². The number of amides is 1. The summed E-state index contributed by atoms with van der Waals surface area (Å²) in [7, 11) is 0. The molecule has 0 unspecified atom stereocenters. The highest BCUT2D eigenvalue weighted by Crippen LogP contribution is 2.11. The second-order valence-corrected chi connectivity index (χ2v) is 5.14. The lowest BCUT2D eigenvalue weighted by molar-refractivity contribution is -0.130. The molecule has 1 saturated heterocycles. The molecule has 0 aromatic carbocycles. The third kappa shape index (κ3) is 5.50. The van der Waals surface area contributed by atoms with Crippen LogP contribution in [0.5, 0.6) is 0 Å². The lowest BCUT2D eigenvalue weighted by Gasteiger charge is -2.20. The van der Waals surface area contributed by atoms with E-state index < -0.39 is 0 Å². The van der Waals surface area contributed by atoms with Gasteiger partial charge in [0.15, 0.2) is 0 Å². The Labute approximate surface area is 99.6 Å². The fourth-order valence-corrected chi connectivity index (χ4v) is 2.06. The molecule has 1 heterocycles. The Kier molecular flexibility index (Phi) is 6.46. The SMILES string of the molecule is CC(C)CNCCCN1CCCCCC1=O. The van der Waals surface area contributed by atoms with E-state index in [1.54, 1.807) is 0 Å². The molecule has 0 bridgehead atoms. The zero-order chi connectivity index (χ0) is 11.8. The summed E-state index contributed by atoms with van der Waals surface area (Å²) < 4.78 is 0. The van der Waals surface area contributed by atoms with Crippen molar-refractivity contribution in [1.82, 2.24) is 10.2 Å². The van der Waals surface area contributed by atoms with Gasteiger partial charge in [-0.15, -0.1) is 0 Å². The Morgan fingerprint density at radius 3 is 2.88 bits per heavy atom. The van der Waals surface area contributed by atoms with Crippen LogP contribution in [0.2, 0.25) is 0 Å². The first kappa shape index (κ1) is 13.5. The molecule has 1 rings (SSSR count). The molecule has 16 heavy (non-hydrogen) atoms. The van der Waals surface area contributed by atoms with Crippen LogP contribution in [0.15, 0.2) is 0 Å². The van der Waals surface area contributed by atoms with Crippen LogP contribution in [0.1, 0.15) is 46.0 Å². The normalized spacial score (nSPS) is 17.9. The molecule has 1 fully saturated rings. The van der Waals surface area contributed by atoms with Crippen molar-refractivity contribution in [2.45, 2.75) is 46.0 Å². The Morgan fingerprint density at radius 1 is 1.31 bits per heavy atom. The van der Waals surface area contributed by atoms with Crippen LogP contribution in [-0.2, 0) is 4.79 Å². The van der Waals surface area contributed by atoms with Crippen LogP contribution in [0, 0.1) is 5.92 Å². The van der Waals surface area contributed by atoms with Crippen molar-refractivity contribution in [2.24, 2.45) is 5.92 Å². The Hall–Kier alpha value is -0.570. The highest BCUT2D eigenvalue weighted by molar-refractivity contribution is 5.76. The van der Waals surface area contributed by atoms with Gasteiger partial charge in [0.2, 0.25) is 5.91 Å². The van der Waals surface area contributed by atoms with Crippen LogP contribution < -0.4 is 5.32 Å². The summed E-state index contributed by atoms with van der Waals surface area (Å²) in [6.07, 6.45) is 5.33. The second-order valence-electron chi connectivity index (χ2n) is 5.14. The highest BCUT2D eigenvalue weighted by atomic mass is 16.2. The van der Waals surface area contributed by atoms with Gasteiger partial charge in [0.25, 0.3) is 0 Å². The van der Waals surface area contributed by atoms with E-state index in [2.05, 4.69) is 19.2 Å². The molecule has 1 aliphatic rings. The van der Waals surface area contributed by atoms with Gasteiger partial charge in [-0.3, -0.25) is 4.79 Å². The molecule has 0 spiro atoms. The number of rotatable bonds is 6. The highest BCUT2D eigenvalue weighted by Gasteiger charge is 2.15. The smallest absolute Gasteiger partial charge is 0.222 e. The average molecular weight is 226 g/mol. The molecule has 0 aromatic rings. The maximum Gasteiger partial charge on any atom is 0.222 e. The number of carbonyl (C=O) groups excluding carboxylic acids is 1. The summed E-state index contributed by atoms with van der Waals surface area (Å²) in [5.74, 6) is 1.07. The van der Waals surface area contributed by atoms with Gasteiger partial charge < -0.3 is 10.2 Å². The third-order valence-electron chi connectivity index (χ3n) is 3.01. The van der Waals surface area contributed by atoms with Crippen LogP contribution in [0.4, 0.5) is 0 Å². The number of hydrogen-bond acceptors (Lipinski definition) is 2. The van der Waals surface area contributed by atoms with Gasteiger partial charge in [0.1, 0.15) is 0 Å². The third-order valence-corrected chi connectivity index (χ3v) is 3.01. The maximum absolute atomic E-state index is 11.7. The Morgan fingerprint density at radius 2 is 2.12 bits per heavy atom. The van der Waals surface area contributed by atoms with E-state index in [1.165, 1.54) is 12.8 Å². The predicted octanol–water partition coefficient (Wildman–Crippen LogP) is 2.02. The summed E-state index contributed by atoms with van der Waals surface area (Å²) in [6, 6.07) is 0. The summed E-state index contributed by atoms with van der Waals surface area (Å²) >= 11 is 0. The van der Waals surface area contributed by atoms with Crippen LogP contribution in [0.25, 0.3) is 0 Å². The minimum atomic E-state index is 0.362. The molecule has 0 aromatic heterocycles. The molecule has 3 heteroatoms. The van der Waals surface area contributed by atoms with E-state index in [9.17, 15) is 4.79 Å². The van der Waals surface area contributed by atoms with Gasteiger partial charge in [0, 0.05) is 19.5 Å². The van der Waals surface area contributed by atoms with Gasteiger partial charge in [-0.05, 0) is 38.3 Å². The maximum atomic E-state index is 11.7. The van der Waals surface area contributed by atoms with E-state index in [-0.39, 0.29) is 0 Å². The molecular weight excluding hydrogens is 200 g/mol. The monoisotopic (exact) mass is 226 g/mol. The van der Waals surface area contributed by atoms with Gasteiger partial charge in [-0.1, -0.05) is 20.3 Å². The number of hydrogen-bond donors (Lipinski definition) is 1. The first-order valence-corrected chi connectivity index (χ1v) is 6.68. The van der Waals surface area contributed by atoms with Crippen molar-refractivity contribution >= 4 is 5.91 Å². The van der Waals surface area contributed by atoms with Crippen molar-refractivity contribution in [3.8, 4) is 0 Å². The topological polar surface area (TPSA) is 32.3 Å². The fourth-order valence-electron chi connectivity index (χ4n) is 2.06. The zero-order valence-corrected chi connectivity index (χ0v) is 10.8. The Bertz CT molecular complexity index is 204. The molecule has 0 atom stereocenters. The molecule has 0 saturated carbocycles. The summed E-state index contributed by atoms with van der Waals surface area (Å²) in [6.45, 7) is 8.44. The lowest BCUT2D eigenvalue weighted by Crippen LogP contribution is -2.33. The molecule has 3 nitrogen and oxygen atoms in total. The number of nitrogens with one attached hydrogen (secondary N) is 1. The molecule has 0 aliphatic carbocycles. The first-order chi connectivity index (χ1) is 7.70. The van der Waals surface area contributed by atoms with Gasteiger partial charge in [-0.25, -0.2) is 0 Å². The molecule has 1 aliphatic heterocycles. The Balaban J connectivity index is 2.08. The molecule has 94 valence electrons. The zero-order valence-electron chi connectivity index (χ0n) is 10.8. The summed E-state index contributed by atoms with van der Waals surface area (Å²) in [5.41, 5.74) is 0. The standard InChI is InChI=1S/C13H26N2O/c1-12(2)11-14-8-6-10-15-9-5-3-4-7-13(15)16/h12,14H,3-11H2,1-2H3. The van der Waals surface area contributed by atoms with Crippen molar-refractivity contribution < 1.29 is 4.79 Å².